The number of benzene rings is 2. The molecule has 0 aliphatic rings. The van der Waals surface area contributed by atoms with Gasteiger partial charge in [0.2, 0.25) is 5.91 Å². The number of carbonyl (C=O) groups is 1. The molecule has 18 heavy (non-hydrogen) atoms. The van der Waals surface area contributed by atoms with E-state index in [4.69, 9.17) is 0 Å². The van der Waals surface area contributed by atoms with Crippen molar-refractivity contribution in [2.75, 3.05) is 5.32 Å². The van der Waals surface area contributed by atoms with E-state index < -0.39 is 0 Å². The van der Waals surface area contributed by atoms with Crippen molar-refractivity contribution in [2.45, 2.75) is 12.8 Å². The van der Waals surface area contributed by atoms with Crippen molar-refractivity contribution in [1.82, 2.24) is 0 Å². The van der Waals surface area contributed by atoms with Gasteiger partial charge < -0.3 is 5.32 Å². The first-order chi connectivity index (χ1) is 8.69. The summed E-state index contributed by atoms with van der Waals surface area (Å²) in [5, 5.41) is 5.14. The molecule has 0 unspecified atom stereocenters. The monoisotopic (exact) mass is 303 g/mol. The first-order valence-electron chi connectivity index (χ1n) is 5.79. The molecule has 0 radical (unpaired) electrons. The fourth-order valence-corrected chi connectivity index (χ4v) is 2.13. The largest absolute Gasteiger partial charge is 0.326 e. The first kappa shape index (κ1) is 12.8. The van der Waals surface area contributed by atoms with Crippen LogP contribution in [-0.2, 0) is 4.79 Å². The van der Waals surface area contributed by atoms with Crippen molar-refractivity contribution < 1.29 is 4.79 Å². The molecule has 0 spiro atoms. The lowest BCUT2D eigenvalue weighted by Gasteiger charge is -2.06. The van der Waals surface area contributed by atoms with Crippen molar-refractivity contribution in [1.29, 1.82) is 0 Å². The Labute approximate surface area is 115 Å². The molecule has 1 amide bonds. The molecule has 92 valence electrons. The number of nitrogens with one attached hydrogen (secondary N) is 1. The lowest BCUT2D eigenvalue weighted by molar-refractivity contribution is -0.116. The van der Waals surface area contributed by atoms with E-state index in [1.165, 1.54) is 0 Å². The maximum Gasteiger partial charge on any atom is 0.224 e. The maximum absolute atomic E-state index is 11.6. The zero-order valence-electron chi connectivity index (χ0n) is 9.95. The van der Waals surface area contributed by atoms with Crippen molar-refractivity contribution in [3.63, 3.8) is 0 Å². The van der Waals surface area contributed by atoms with Gasteiger partial charge in [-0.15, -0.1) is 6.58 Å². The van der Waals surface area contributed by atoms with Crippen LogP contribution in [0.4, 0.5) is 5.69 Å². The molecule has 2 nitrogen and oxygen atoms in total. The average Bonchev–Trinajstić information content (AvgIpc) is 2.36. The van der Waals surface area contributed by atoms with Gasteiger partial charge in [0.25, 0.3) is 0 Å². The molecule has 0 bridgehead atoms. The lowest BCUT2D eigenvalue weighted by atomic mass is 10.1. The standard InChI is InChI=1S/C15H14BrNO/c1-2-3-4-15(18)17-14-8-6-11-9-13(16)7-5-12(11)10-14/h2,5-10H,1,3-4H2,(H,17,18). The summed E-state index contributed by atoms with van der Waals surface area (Å²) in [6.07, 6.45) is 2.92. The van der Waals surface area contributed by atoms with Crippen LogP contribution in [0.3, 0.4) is 0 Å². The van der Waals surface area contributed by atoms with E-state index in [0.717, 1.165) is 20.9 Å². The number of allylic oxidation sites excluding steroid dienone is 1. The van der Waals surface area contributed by atoms with Gasteiger partial charge in [-0.3, -0.25) is 4.79 Å². The Morgan fingerprint density at radius 3 is 2.72 bits per heavy atom. The fourth-order valence-electron chi connectivity index (χ4n) is 1.75. The molecule has 2 aromatic rings. The third-order valence-corrected chi connectivity index (χ3v) is 3.15. The predicted octanol–water partition coefficient (Wildman–Crippen LogP) is 4.51. The third kappa shape index (κ3) is 3.20. The van der Waals surface area contributed by atoms with Gasteiger partial charge in [-0.2, -0.15) is 0 Å². The molecule has 0 atom stereocenters. The van der Waals surface area contributed by atoms with Crippen molar-refractivity contribution in [3.8, 4) is 0 Å². The Morgan fingerprint density at radius 1 is 1.22 bits per heavy atom. The summed E-state index contributed by atoms with van der Waals surface area (Å²) in [7, 11) is 0. The van der Waals surface area contributed by atoms with Crippen molar-refractivity contribution in [3.05, 3.63) is 53.5 Å². The number of amides is 1. The van der Waals surface area contributed by atoms with E-state index in [1.807, 2.05) is 30.3 Å². The second-order valence-corrected chi connectivity index (χ2v) is 5.00. The topological polar surface area (TPSA) is 29.1 Å². The van der Waals surface area contributed by atoms with Gasteiger partial charge in [0, 0.05) is 16.6 Å². The minimum Gasteiger partial charge on any atom is -0.326 e. The Balaban J connectivity index is 2.17. The fraction of sp³-hybridized carbons (Fsp3) is 0.133. The highest BCUT2D eigenvalue weighted by molar-refractivity contribution is 9.10. The van der Waals surface area contributed by atoms with E-state index in [9.17, 15) is 4.79 Å². The Kier molecular flexibility index (Phi) is 4.15. The number of fused-ring (bicyclic) bond motifs is 1. The van der Waals surface area contributed by atoms with E-state index in [2.05, 4.69) is 33.9 Å². The summed E-state index contributed by atoms with van der Waals surface area (Å²) >= 11 is 3.44. The van der Waals surface area contributed by atoms with Crippen LogP contribution in [0.2, 0.25) is 0 Å². The van der Waals surface area contributed by atoms with Crippen LogP contribution in [-0.4, -0.2) is 5.91 Å². The van der Waals surface area contributed by atoms with Gasteiger partial charge in [-0.05, 0) is 41.5 Å². The van der Waals surface area contributed by atoms with Gasteiger partial charge in [0.05, 0.1) is 0 Å². The summed E-state index contributed by atoms with van der Waals surface area (Å²) in [5.41, 5.74) is 0.832. The molecular weight excluding hydrogens is 290 g/mol. The second kappa shape index (κ2) is 5.83. The Bertz CT molecular complexity index is 592. The molecular formula is C15H14BrNO. The maximum atomic E-state index is 11.6. The second-order valence-electron chi connectivity index (χ2n) is 4.08. The summed E-state index contributed by atoms with van der Waals surface area (Å²) in [5.74, 6) is 0.0198. The lowest BCUT2D eigenvalue weighted by Crippen LogP contribution is -2.10. The molecule has 3 heteroatoms. The molecule has 0 fully saturated rings. The molecule has 0 saturated carbocycles. The Hall–Kier alpha value is -1.61. The van der Waals surface area contributed by atoms with E-state index >= 15 is 0 Å². The van der Waals surface area contributed by atoms with Crippen LogP contribution in [0, 0.1) is 0 Å². The van der Waals surface area contributed by atoms with Crippen LogP contribution in [0.1, 0.15) is 12.8 Å². The van der Waals surface area contributed by atoms with Crippen LogP contribution >= 0.6 is 15.9 Å². The molecule has 1 N–H and O–H groups in total. The molecule has 2 rings (SSSR count). The number of hydrogen-bond acceptors (Lipinski definition) is 1. The molecule has 0 heterocycles. The van der Waals surface area contributed by atoms with Gasteiger partial charge in [-0.1, -0.05) is 34.1 Å². The summed E-state index contributed by atoms with van der Waals surface area (Å²) in [4.78, 5) is 11.6. The molecule has 0 aliphatic heterocycles. The number of rotatable bonds is 4. The molecule has 0 aliphatic carbocycles. The highest BCUT2D eigenvalue weighted by Gasteiger charge is 2.02. The summed E-state index contributed by atoms with van der Waals surface area (Å²) in [6.45, 7) is 3.60. The minimum absolute atomic E-state index is 0.0198. The van der Waals surface area contributed by atoms with E-state index in [0.29, 0.717) is 12.8 Å². The summed E-state index contributed by atoms with van der Waals surface area (Å²) < 4.78 is 1.05. The van der Waals surface area contributed by atoms with Crippen LogP contribution < -0.4 is 5.32 Å². The predicted molar refractivity (Wildman–Crippen MR) is 79.7 cm³/mol. The number of anilines is 1. The van der Waals surface area contributed by atoms with Crippen molar-refractivity contribution >= 4 is 38.3 Å². The highest BCUT2D eigenvalue weighted by atomic mass is 79.9. The van der Waals surface area contributed by atoms with Crippen molar-refractivity contribution in [2.24, 2.45) is 0 Å². The molecule has 0 aromatic heterocycles. The van der Waals surface area contributed by atoms with Gasteiger partial charge in [0.1, 0.15) is 0 Å². The average molecular weight is 304 g/mol. The zero-order chi connectivity index (χ0) is 13.0. The van der Waals surface area contributed by atoms with E-state index in [-0.39, 0.29) is 5.91 Å². The third-order valence-electron chi connectivity index (χ3n) is 2.66. The normalized spacial score (nSPS) is 10.3. The zero-order valence-corrected chi connectivity index (χ0v) is 11.5. The quantitative estimate of drug-likeness (QED) is 0.827. The van der Waals surface area contributed by atoms with Crippen LogP contribution in [0.15, 0.2) is 53.5 Å². The summed E-state index contributed by atoms with van der Waals surface area (Å²) in [6, 6.07) is 12.0. The number of halogens is 1. The van der Waals surface area contributed by atoms with Gasteiger partial charge in [0.15, 0.2) is 0 Å². The van der Waals surface area contributed by atoms with Crippen LogP contribution in [0.25, 0.3) is 10.8 Å². The SMILES string of the molecule is C=CCCC(=O)Nc1ccc2cc(Br)ccc2c1. The minimum atomic E-state index is 0.0198. The highest BCUT2D eigenvalue weighted by Crippen LogP contribution is 2.23. The van der Waals surface area contributed by atoms with Gasteiger partial charge >= 0.3 is 0 Å². The van der Waals surface area contributed by atoms with Crippen LogP contribution in [0.5, 0.6) is 0 Å². The van der Waals surface area contributed by atoms with E-state index in [1.54, 1.807) is 6.08 Å². The number of hydrogen-bond donors (Lipinski definition) is 1. The first-order valence-corrected chi connectivity index (χ1v) is 6.58. The van der Waals surface area contributed by atoms with Gasteiger partial charge in [-0.25, -0.2) is 0 Å². The molecule has 2 aromatic carbocycles. The Morgan fingerprint density at radius 2 is 1.94 bits per heavy atom. The molecule has 0 saturated heterocycles. The smallest absolute Gasteiger partial charge is 0.224 e. The number of carbonyl (C=O) groups excluding carboxylic acids is 1.